The van der Waals surface area contributed by atoms with Gasteiger partial charge in [-0.05, 0) is 30.7 Å². The Morgan fingerprint density at radius 2 is 1.82 bits per heavy atom. The van der Waals surface area contributed by atoms with Crippen molar-refractivity contribution < 1.29 is 22.9 Å². The Morgan fingerprint density at radius 1 is 1.15 bits per heavy atom. The van der Waals surface area contributed by atoms with Crippen molar-refractivity contribution in [2.24, 2.45) is 0 Å². The third-order valence-electron chi connectivity index (χ3n) is 4.76. The molecule has 0 aromatic heterocycles. The van der Waals surface area contributed by atoms with E-state index in [9.17, 15) is 28.1 Å². The lowest BCUT2D eigenvalue weighted by Gasteiger charge is -2.31. The van der Waals surface area contributed by atoms with Gasteiger partial charge in [-0.2, -0.15) is 0 Å². The second-order valence-electron chi connectivity index (χ2n) is 7.11. The van der Waals surface area contributed by atoms with E-state index in [2.05, 4.69) is 5.32 Å². The number of halogens is 2. The summed E-state index contributed by atoms with van der Waals surface area (Å²) in [6.45, 7) is 0.756. The highest BCUT2D eigenvalue weighted by atomic mass is 35.5. The van der Waals surface area contributed by atoms with Crippen LogP contribution < -0.4 is 9.62 Å². The van der Waals surface area contributed by atoms with Crippen molar-refractivity contribution in [1.82, 2.24) is 10.2 Å². The van der Waals surface area contributed by atoms with Gasteiger partial charge in [0, 0.05) is 25.7 Å². The van der Waals surface area contributed by atoms with E-state index in [-0.39, 0.29) is 22.9 Å². The number of hydrogen-bond acceptors (Lipinski definition) is 6. The van der Waals surface area contributed by atoms with Gasteiger partial charge < -0.3 is 10.2 Å². The summed E-state index contributed by atoms with van der Waals surface area (Å²) in [5, 5.41) is 14.1. The molecule has 0 saturated carbocycles. The molecule has 0 aliphatic rings. The molecule has 2 aromatic rings. The molecular weight excluding hydrogens is 495 g/mol. The highest BCUT2D eigenvalue weighted by Crippen LogP contribution is 2.25. The predicted molar refractivity (Wildman–Crippen MR) is 126 cm³/mol. The van der Waals surface area contributed by atoms with Crippen LogP contribution in [0.2, 0.25) is 10.0 Å². The third-order valence-corrected chi connectivity index (χ3v) is 6.64. The van der Waals surface area contributed by atoms with E-state index in [1.165, 1.54) is 43.1 Å². The molecule has 1 N–H and O–H groups in total. The molecule has 0 aliphatic heterocycles. The summed E-state index contributed by atoms with van der Waals surface area (Å²) >= 11 is 12.0. The van der Waals surface area contributed by atoms with Crippen LogP contribution in [0.15, 0.2) is 42.5 Å². The standard InChI is InChI=1S/C20H22Cl2N4O6S/c1-13(20(28)23-2)24(11-14-7-8-17(21)18(22)9-14)19(27)12-25(33(3,31)32)15-5-4-6-16(10-15)26(29)30/h4-10,13H,11-12H2,1-3H3,(H,23,28)/t13-/m0/s1. The highest BCUT2D eigenvalue weighted by Gasteiger charge is 2.30. The molecule has 0 aliphatic carbocycles. The molecule has 0 radical (unpaired) electrons. The topological polar surface area (TPSA) is 130 Å². The van der Waals surface area contributed by atoms with Gasteiger partial charge in [-0.1, -0.05) is 35.3 Å². The maximum Gasteiger partial charge on any atom is 0.271 e. The number of carbonyl (C=O) groups is 2. The van der Waals surface area contributed by atoms with Crippen molar-refractivity contribution in [2.45, 2.75) is 19.5 Å². The fourth-order valence-electron chi connectivity index (χ4n) is 3.00. The molecule has 0 fully saturated rings. The summed E-state index contributed by atoms with van der Waals surface area (Å²) < 4.78 is 25.6. The van der Waals surface area contributed by atoms with Gasteiger partial charge >= 0.3 is 0 Å². The fourth-order valence-corrected chi connectivity index (χ4v) is 4.16. The molecule has 0 spiro atoms. The minimum absolute atomic E-state index is 0.0536. The van der Waals surface area contributed by atoms with Crippen LogP contribution in [0.5, 0.6) is 0 Å². The largest absolute Gasteiger partial charge is 0.357 e. The Bertz CT molecular complexity index is 1170. The number of non-ortho nitro benzene ring substituents is 1. The summed E-state index contributed by atoms with van der Waals surface area (Å²) in [5.74, 6) is -1.17. The number of rotatable bonds is 9. The van der Waals surface area contributed by atoms with Crippen molar-refractivity contribution in [3.05, 3.63) is 68.2 Å². The van der Waals surface area contributed by atoms with E-state index in [1.54, 1.807) is 12.1 Å². The highest BCUT2D eigenvalue weighted by molar-refractivity contribution is 7.92. The molecule has 10 nitrogen and oxygen atoms in total. The van der Waals surface area contributed by atoms with Gasteiger partial charge in [0.25, 0.3) is 5.69 Å². The summed E-state index contributed by atoms with van der Waals surface area (Å²) in [5.41, 5.74) is 0.178. The second kappa shape index (κ2) is 10.8. The molecule has 0 unspecified atom stereocenters. The molecule has 13 heteroatoms. The lowest BCUT2D eigenvalue weighted by molar-refractivity contribution is -0.384. The SMILES string of the molecule is CNC(=O)[C@H](C)N(Cc1ccc(Cl)c(Cl)c1)C(=O)CN(c1cccc([N+](=O)[O-])c1)S(C)(=O)=O. The average molecular weight is 517 g/mol. The van der Waals surface area contributed by atoms with E-state index in [0.717, 1.165) is 16.6 Å². The normalized spacial score (nSPS) is 12.0. The Balaban J connectivity index is 2.43. The zero-order valence-electron chi connectivity index (χ0n) is 18.0. The van der Waals surface area contributed by atoms with Crippen molar-refractivity contribution >= 4 is 56.4 Å². The maximum absolute atomic E-state index is 13.3. The van der Waals surface area contributed by atoms with Crippen LogP contribution >= 0.6 is 23.2 Å². The van der Waals surface area contributed by atoms with Crippen molar-refractivity contribution in [3.8, 4) is 0 Å². The second-order valence-corrected chi connectivity index (χ2v) is 9.83. The van der Waals surface area contributed by atoms with Crippen LogP contribution in [0.4, 0.5) is 11.4 Å². The number of hydrogen-bond donors (Lipinski definition) is 1. The third kappa shape index (κ3) is 6.80. The molecule has 2 rings (SSSR count). The zero-order valence-corrected chi connectivity index (χ0v) is 20.3. The Hall–Kier alpha value is -2.89. The Morgan fingerprint density at radius 3 is 2.36 bits per heavy atom. The van der Waals surface area contributed by atoms with E-state index in [1.807, 2.05) is 0 Å². The van der Waals surface area contributed by atoms with Crippen LogP contribution in [0.1, 0.15) is 12.5 Å². The van der Waals surface area contributed by atoms with Gasteiger partial charge in [0.05, 0.1) is 26.9 Å². The number of nitrogens with zero attached hydrogens (tertiary/aromatic N) is 3. The van der Waals surface area contributed by atoms with Crippen LogP contribution in [0, 0.1) is 10.1 Å². The summed E-state index contributed by atoms with van der Waals surface area (Å²) in [7, 11) is -2.59. The predicted octanol–water partition coefficient (Wildman–Crippen LogP) is 2.83. The number of carbonyl (C=O) groups excluding carboxylic acids is 2. The molecule has 0 heterocycles. The number of amides is 2. The number of nitrogens with one attached hydrogen (secondary N) is 1. The van der Waals surface area contributed by atoms with Gasteiger partial charge in [0.1, 0.15) is 12.6 Å². The minimum atomic E-state index is -4.00. The van der Waals surface area contributed by atoms with Crippen LogP contribution in [-0.4, -0.2) is 55.9 Å². The first-order chi connectivity index (χ1) is 15.3. The Labute approximate surface area is 201 Å². The first kappa shape index (κ1) is 26.4. The van der Waals surface area contributed by atoms with Gasteiger partial charge in [0.15, 0.2) is 0 Å². The first-order valence-electron chi connectivity index (χ1n) is 9.52. The average Bonchev–Trinajstić information content (AvgIpc) is 2.76. The molecule has 33 heavy (non-hydrogen) atoms. The number of benzene rings is 2. The van der Waals surface area contributed by atoms with Gasteiger partial charge in [0.2, 0.25) is 21.8 Å². The van der Waals surface area contributed by atoms with Crippen molar-refractivity contribution in [1.29, 1.82) is 0 Å². The number of sulfonamides is 1. The van der Waals surface area contributed by atoms with Gasteiger partial charge in [-0.3, -0.25) is 24.0 Å². The van der Waals surface area contributed by atoms with E-state index < -0.39 is 39.3 Å². The van der Waals surface area contributed by atoms with Crippen LogP contribution in [0.25, 0.3) is 0 Å². The Kier molecular flexibility index (Phi) is 8.64. The lowest BCUT2D eigenvalue weighted by Crippen LogP contribution is -2.50. The van der Waals surface area contributed by atoms with Crippen molar-refractivity contribution in [2.75, 3.05) is 24.2 Å². The van der Waals surface area contributed by atoms with E-state index in [4.69, 9.17) is 23.2 Å². The number of anilines is 1. The van der Waals surface area contributed by atoms with E-state index in [0.29, 0.717) is 10.6 Å². The van der Waals surface area contributed by atoms with Crippen LogP contribution in [0.3, 0.4) is 0 Å². The van der Waals surface area contributed by atoms with Gasteiger partial charge in [-0.15, -0.1) is 0 Å². The van der Waals surface area contributed by atoms with Crippen molar-refractivity contribution in [3.63, 3.8) is 0 Å². The first-order valence-corrected chi connectivity index (χ1v) is 12.1. The molecule has 2 aromatic carbocycles. The zero-order chi connectivity index (χ0) is 24.9. The number of nitro groups is 1. The summed E-state index contributed by atoms with van der Waals surface area (Å²) in [6, 6.07) is 8.66. The smallest absolute Gasteiger partial charge is 0.271 e. The van der Waals surface area contributed by atoms with Gasteiger partial charge in [-0.25, -0.2) is 8.42 Å². The molecule has 0 bridgehead atoms. The number of nitro benzene ring substituents is 1. The quantitative estimate of drug-likeness (QED) is 0.402. The molecule has 1 atom stereocenters. The number of likely N-dealkylation sites (N-methyl/N-ethyl adjacent to an activating group) is 1. The molecule has 2 amide bonds. The minimum Gasteiger partial charge on any atom is -0.357 e. The molecule has 0 saturated heterocycles. The van der Waals surface area contributed by atoms with Crippen LogP contribution in [-0.2, 0) is 26.2 Å². The monoisotopic (exact) mass is 516 g/mol. The molecule has 178 valence electrons. The molecular formula is C20H22Cl2N4O6S. The summed E-state index contributed by atoms with van der Waals surface area (Å²) in [6.07, 6.45) is 0.880. The maximum atomic E-state index is 13.3. The fraction of sp³-hybridized carbons (Fsp3) is 0.300. The summed E-state index contributed by atoms with van der Waals surface area (Å²) in [4.78, 5) is 37.2. The van der Waals surface area contributed by atoms with E-state index >= 15 is 0 Å². The lowest BCUT2D eigenvalue weighted by atomic mass is 10.1.